The van der Waals surface area contributed by atoms with Gasteiger partial charge in [0.2, 0.25) is 5.82 Å². The number of nitrogens with zero attached hydrogens (tertiary/aromatic N) is 5. The summed E-state index contributed by atoms with van der Waals surface area (Å²) in [6, 6.07) is 17.3. The second kappa shape index (κ2) is 10.8. The summed E-state index contributed by atoms with van der Waals surface area (Å²) in [4.78, 5) is 38.7. The molecule has 40 heavy (non-hydrogen) atoms. The number of hydrogen-bond donors (Lipinski definition) is 0. The second-order valence-corrected chi connectivity index (χ2v) is 9.99. The van der Waals surface area contributed by atoms with Crippen LogP contribution >= 0.6 is 31.9 Å². The zero-order valence-electron chi connectivity index (χ0n) is 20.4. The van der Waals surface area contributed by atoms with E-state index in [1.165, 1.54) is 31.4 Å². The predicted molar refractivity (Wildman–Crippen MR) is 146 cm³/mol. The number of halogens is 5. The van der Waals surface area contributed by atoms with Crippen LogP contribution in [0.2, 0.25) is 0 Å². The van der Waals surface area contributed by atoms with E-state index in [-0.39, 0.29) is 33.5 Å². The summed E-state index contributed by atoms with van der Waals surface area (Å²) in [6.07, 6.45) is -2.70. The first kappa shape index (κ1) is 27.5. The molecule has 0 saturated carbocycles. The van der Waals surface area contributed by atoms with Gasteiger partial charge in [0.05, 0.1) is 41.7 Å². The Labute approximate surface area is 241 Å². The molecule has 0 aliphatic rings. The van der Waals surface area contributed by atoms with E-state index >= 15 is 0 Å². The normalized spacial score (nSPS) is 12.1. The number of benzene rings is 3. The topological polar surface area (TPSA) is 91.4 Å². The Balaban J connectivity index is 1.77. The van der Waals surface area contributed by atoms with Crippen molar-refractivity contribution in [1.82, 2.24) is 19.1 Å². The maximum Gasteiger partial charge on any atom is 0.450 e. The molecule has 0 saturated heterocycles. The molecule has 0 N–H and O–H groups in total. The van der Waals surface area contributed by atoms with Crippen LogP contribution in [-0.4, -0.2) is 38.0 Å². The lowest BCUT2D eigenvalue weighted by Crippen LogP contribution is -2.30. The highest BCUT2D eigenvalue weighted by Gasteiger charge is 2.38. The summed E-state index contributed by atoms with van der Waals surface area (Å²) in [6.45, 7) is 0. The molecule has 0 spiro atoms. The highest BCUT2D eigenvalue weighted by Crippen LogP contribution is 2.34. The SMILES string of the molecule is COc1ccc2c(c1)nc(C(F)(F)F)n2-c1cn(C(=O)c2ccccc2Br)/c(=N\C(=O)c2ccccc2Br)cn1. The summed E-state index contributed by atoms with van der Waals surface area (Å²) in [5.41, 5.74) is 0.306. The van der Waals surface area contributed by atoms with Crippen molar-refractivity contribution in [2.45, 2.75) is 6.18 Å². The van der Waals surface area contributed by atoms with Crippen molar-refractivity contribution in [3.63, 3.8) is 0 Å². The van der Waals surface area contributed by atoms with Gasteiger partial charge in [0.25, 0.3) is 11.8 Å². The van der Waals surface area contributed by atoms with E-state index in [1.54, 1.807) is 42.5 Å². The number of aromatic nitrogens is 4. The van der Waals surface area contributed by atoms with Gasteiger partial charge in [0.15, 0.2) is 11.3 Å². The van der Waals surface area contributed by atoms with E-state index in [0.717, 1.165) is 21.5 Å². The molecule has 0 fully saturated rings. The number of imidazole rings is 1. The minimum atomic E-state index is -4.86. The maximum absolute atomic E-state index is 14.1. The van der Waals surface area contributed by atoms with E-state index < -0.39 is 23.8 Å². The molecular formula is C27H16Br2F3N5O3. The van der Waals surface area contributed by atoms with Crippen LogP contribution in [0, 0.1) is 0 Å². The van der Waals surface area contributed by atoms with Crippen LogP contribution in [0.5, 0.6) is 5.75 Å². The number of methoxy groups -OCH3 is 1. The van der Waals surface area contributed by atoms with Gasteiger partial charge in [0.1, 0.15) is 5.75 Å². The summed E-state index contributed by atoms with van der Waals surface area (Å²) in [5.74, 6) is -2.55. The molecule has 0 unspecified atom stereocenters. The van der Waals surface area contributed by atoms with Crippen molar-refractivity contribution < 1.29 is 27.5 Å². The Morgan fingerprint density at radius 1 is 0.950 bits per heavy atom. The van der Waals surface area contributed by atoms with Crippen molar-refractivity contribution in [2.75, 3.05) is 7.11 Å². The molecule has 0 radical (unpaired) electrons. The quantitative estimate of drug-likeness (QED) is 0.226. The molecule has 0 bridgehead atoms. The fourth-order valence-corrected chi connectivity index (χ4v) is 4.84. The Bertz CT molecular complexity index is 1860. The molecule has 202 valence electrons. The highest BCUT2D eigenvalue weighted by molar-refractivity contribution is 9.10. The molecule has 3 aromatic carbocycles. The predicted octanol–water partition coefficient (Wildman–Crippen LogP) is 6.20. The highest BCUT2D eigenvalue weighted by atomic mass is 79.9. The molecule has 2 aromatic heterocycles. The van der Waals surface area contributed by atoms with Crippen molar-refractivity contribution in [1.29, 1.82) is 0 Å². The largest absolute Gasteiger partial charge is 0.497 e. The molecule has 5 aromatic rings. The average Bonchev–Trinajstić information content (AvgIpc) is 3.33. The zero-order valence-corrected chi connectivity index (χ0v) is 23.5. The minimum Gasteiger partial charge on any atom is -0.497 e. The number of rotatable bonds is 4. The first-order valence-corrected chi connectivity index (χ1v) is 13.0. The average molecular weight is 675 g/mol. The molecule has 0 aliphatic carbocycles. The maximum atomic E-state index is 14.1. The summed E-state index contributed by atoms with van der Waals surface area (Å²) < 4.78 is 50.2. The minimum absolute atomic E-state index is 0.00928. The number of carbonyl (C=O) groups is 2. The third-order valence-electron chi connectivity index (χ3n) is 5.79. The fraction of sp³-hybridized carbons (Fsp3) is 0.0741. The van der Waals surface area contributed by atoms with Crippen molar-refractivity contribution in [3.05, 3.63) is 111 Å². The van der Waals surface area contributed by atoms with Crippen LogP contribution in [0.15, 0.2) is 93.1 Å². The van der Waals surface area contributed by atoms with Gasteiger partial charge in [-0.25, -0.2) is 9.97 Å². The van der Waals surface area contributed by atoms with E-state index in [9.17, 15) is 22.8 Å². The van der Waals surface area contributed by atoms with E-state index in [4.69, 9.17) is 4.74 Å². The van der Waals surface area contributed by atoms with Gasteiger partial charge in [-0.2, -0.15) is 18.2 Å². The van der Waals surface area contributed by atoms with Crippen LogP contribution < -0.4 is 10.2 Å². The Morgan fingerprint density at radius 3 is 2.23 bits per heavy atom. The first-order valence-electron chi connectivity index (χ1n) is 11.4. The first-order chi connectivity index (χ1) is 19.1. The molecule has 0 aliphatic heterocycles. The molecule has 2 heterocycles. The van der Waals surface area contributed by atoms with Gasteiger partial charge in [-0.05, 0) is 68.3 Å². The third-order valence-corrected chi connectivity index (χ3v) is 7.17. The fourth-order valence-electron chi connectivity index (χ4n) is 3.93. The molecule has 1 amide bonds. The molecular weight excluding hydrogens is 659 g/mol. The van der Waals surface area contributed by atoms with E-state index in [0.29, 0.717) is 14.7 Å². The lowest BCUT2D eigenvalue weighted by atomic mass is 10.2. The number of ether oxygens (including phenoxy) is 1. The number of carbonyl (C=O) groups excluding carboxylic acids is 2. The van der Waals surface area contributed by atoms with Gasteiger partial charge in [-0.3, -0.25) is 18.7 Å². The second-order valence-electron chi connectivity index (χ2n) is 8.28. The molecule has 0 atom stereocenters. The van der Waals surface area contributed by atoms with Crippen molar-refractivity contribution in [2.24, 2.45) is 4.99 Å². The van der Waals surface area contributed by atoms with Crippen LogP contribution in [0.4, 0.5) is 13.2 Å². The lowest BCUT2D eigenvalue weighted by molar-refractivity contribution is -0.145. The van der Waals surface area contributed by atoms with Gasteiger partial charge >= 0.3 is 6.18 Å². The number of fused-ring (bicyclic) bond motifs is 1. The van der Waals surface area contributed by atoms with Crippen LogP contribution in [0.1, 0.15) is 26.5 Å². The van der Waals surface area contributed by atoms with E-state index in [1.807, 2.05) is 0 Å². The van der Waals surface area contributed by atoms with Crippen LogP contribution in [0.3, 0.4) is 0 Å². The third kappa shape index (κ3) is 5.21. The van der Waals surface area contributed by atoms with Gasteiger partial charge in [-0.1, -0.05) is 24.3 Å². The smallest absolute Gasteiger partial charge is 0.450 e. The Morgan fingerprint density at radius 2 is 1.60 bits per heavy atom. The summed E-state index contributed by atoms with van der Waals surface area (Å²) in [7, 11) is 1.39. The Hall–Kier alpha value is -4.10. The molecule has 5 rings (SSSR count). The van der Waals surface area contributed by atoms with Crippen LogP contribution in [0.25, 0.3) is 16.9 Å². The zero-order chi connectivity index (χ0) is 28.6. The number of hydrogen-bond acceptors (Lipinski definition) is 5. The summed E-state index contributed by atoms with van der Waals surface area (Å²) in [5, 5.41) is 0. The van der Waals surface area contributed by atoms with Crippen molar-refractivity contribution in [3.8, 4) is 11.6 Å². The van der Waals surface area contributed by atoms with Gasteiger partial charge in [-0.15, -0.1) is 0 Å². The standard InChI is InChI=1S/C27H16Br2F3N5O3/c1-40-15-10-11-21-20(12-15)34-26(27(30,31)32)37(21)23-14-36(25(39)17-7-3-5-9-19(17)29)22(13-33-23)35-24(38)16-6-2-4-8-18(16)28/h2-14H,1H3/b35-22-. The number of alkyl halides is 3. The monoisotopic (exact) mass is 673 g/mol. The van der Waals surface area contributed by atoms with Crippen LogP contribution in [-0.2, 0) is 6.18 Å². The molecule has 8 nitrogen and oxygen atoms in total. The number of amides is 1. The van der Waals surface area contributed by atoms with Crippen molar-refractivity contribution >= 4 is 54.7 Å². The summed E-state index contributed by atoms with van der Waals surface area (Å²) >= 11 is 6.63. The Kier molecular flexibility index (Phi) is 7.43. The van der Waals surface area contributed by atoms with E-state index in [2.05, 4.69) is 46.8 Å². The molecule has 13 heteroatoms. The van der Waals surface area contributed by atoms with Gasteiger partial charge < -0.3 is 4.74 Å². The lowest BCUT2D eigenvalue weighted by Gasteiger charge is -2.14. The van der Waals surface area contributed by atoms with Gasteiger partial charge in [0, 0.05) is 15.0 Å².